The van der Waals surface area contributed by atoms with Gasteiger partial charge in [0, 0.05) is 43.8 Å². The minimum absolute atomic E-state index is 0.0384. The molecule has 0 atom stereocenters. The molecule has 1 fully saturated rings. The molecule has 1 aliphatic heterocycles. The number of aromatic nitrogens is 4. The first-order chi connectivity index (χ1) is 11.3. The third-order valence-electron chi connectivity index (χ3n) is 4.70. The molecule has 3 aromatic rings. The number of hydrogen-bond donors (Lipinski definition) is 2. The average Bonchev–Trinajstić information content (AvgIpc) is 3.05. The van der Waals surface area contributed by atoms with Crippen LogP contribution in [0.4, 0.5) is 0 Å². The van der Waals surface area contributed by atoms with Crippen LogP contribution in [0.5, 0.6) is 0 Å². The summed E-state index contributed by atoms with van der Waals surface area (Å²) >= 11 is 0. The van der Waals surface area contributed by atoms with Gasteiger partial charge in [0.15, 0.2) is 0 Å². The quantitative estimate of drug-likeness (QED) is 0.748. The third kappa shape index (κ3) is 2.42. The fourth-order valence-electron chi connectivity index (χ4n) is 3.57. The number of fused-ring (bicyclic) bond motifs is 3. The number of rotatable bonds is 3. The zero-order chi connectivity index (χ0) is 15.8. The first-order valence-electron chi connectivity index (χ1n) is 8.03. The highest BCUT2D eigenvalue weighted by atomic mass is 16.1. The van der Waals surface area contributed by atoms with Gasteiger partial charge in [0.05, 0.1) is 17.9 Å². The van der Waals surface area contributed by atoms with E-state index in [1.807, 2.05) is 16.8 Å². The van der Waals surface area contributed by atoms with Crippen molar-refractivity contribution in [3.05, 3.63) is 35.0 Å². The summed E-state index contributed by atoms with van der Waals surface area (Å²) in [6, 6.07) is 2.16. The Morgan fingerprint density at radius 2 is 2.09 bits per heavy atom. The summed E-state index contributed by atoms with van der Waals surface area (Å²) < 4.78 is 1.92. The van der Waals surface area contributed by atoms with Crippen LogP contribution in [0.2, 0.25) is 0 Å². The number of likely N-dealkylation sites (tertiary alicyclic amines) is 1. The summed E-state index contributed by atoms with van der Waals surface area (Å²) in [4.78, 5) is 26.6. The molecule has 0 unspecified atom stereocenters. The number of nitrogens with zero attached hydrogens (tertiary/aromatic N) is 4. The molecule has 0 bridgehead atoms. The number of nitrogens with two attached hydrogens (primary N) is 1. The van der Waals surface area contributed by atoms with Gasteiger partial charge in [0.2, 0.25) is 0 Å². The van der Waals surface area contributed by atoms with E-state index in [4.69, 9.17) is 5.73 Å². The summed E-state index contributed by atoms with van der Waals surface area (Å²) in [5.74, 6) is 0. The van der Waals surface area contributed by atoms with Crippen molar-refractivity contribution in [2.24, 2.45) is 5.73 Å². The number of pyridine rings is 1. The smallest absolute Gasteiger partial charge is 0.269 e. The SMILES string of the molecule is NCCN1CCC(n2c(=O)cnc3cnc4[nH]ccc4c32)CC1. The summed E-state index contributed by atoms with van der Waals surface area (Å²) in [6.07, 6.45) is 6.89. The Bertz CT molecular complexity index is 890. The first-order valence-corrected chi connectivity index (χ1v) is 8.03. The molecule has 0 amide bonds. The minimum atomic E-state index is -0.0384. The van der Waals surface area contributed by atoms with Gasteiger partial charge in [-0.25, -0.2) is 9.97 Å². The maximum atomic E-state index is 12.5. The molecule has 4 heterocycles. The topological polar surface area (TPSA) is 92.8 Å². The molecule has 0 spiro atoms. The molecule has 1 aliphatic rings. The molecule has 0 aliphatic carbocycles. The molecule has 120 valence electrons. The second kappa shape index (κ2) is 5.75. The van der Waals surface area contributed by atoms with Crippen molar-refractivity contribution in [1.29, 1.82) is 0 Å². The Morgan fingerprint density at radius 3 is 2.87 bits per heavy atom. The van der Waals surface area contributed by atoms with Crippen LogP contribution in [0.3, 0.4) is 0 Å². The molecule has 3 aromatic heterocycles. The second-order valence-corrected chi connectivity index (χ2v) is 6.06. The first kappa shape index (κ1) is 14.3. The minimum Gasteiger partial charge on any atom is -0.346 e. The Labute approximate surface area is 133 Å². The summed E-state index contributed by atoms with van der Waals surface area (Å²) in [5.41, 5.74) is 8.05. The number of piperidine rings is 1. The maximum Gasteiger partial charge on any atom is 0.269 e. The number of nitrogens with one attached hydrogen (secondary N) is 1. The van der Waals surface area contributed by atoms with Crippen LogP contribution in [-0.4, -0.2) is 50.6 Å². The van der Waals surface area contributed by atoms with E-state index >= 15 is 0 Å². The molecule has 23 heavy (non-hydrogen) atoms. The van der Waals surface area contributed by atoms with Crippen molar-refractivity contribution in [1.82, 2.24) is 24.4 Å². The molecule has 7 heteroatoms. The molecular weight excluding hydrogens is 292 g/mol. The molecule has 1 saturated heterocycles. The highest BCUT2D eigenvalue weighted by molar-refractivity contribution is 6.00. The standard InChI is InChI=1S/C16H20N6O/c17-4-8-21-6-2-11(3-7-21)22-14(23)10-19-13-9-20-16-12(15(13)22)1-5-18-16/h1,5,9-11H,2-4,6-8,17H2,(H,18,20). The van der Waals surface area contributed by atoms with E-state index in [9.17, 15) is 4.79 Å². The van der Waals surface area contributed by atoms with E-state index in [1.54, 1.807) is 6.20 Å². The van der Waals surface area contributed by atoms with Crippen LogP contribution >= 0.6 is 0 Å². The van der Waals surface area contributed by atoms with Crippen molar-refractivity contribution >= 4 is 22.1 Å². The van der Waals surface area contributed by atoms with Crippen LogP contribution in [0, 0.1) is 0 Å². The Morgan fingerprint density at radius 1 is 1.26 bits per heavy atom. The van der Waals surface area contributed by atoms with Crippen molar-refractivity contribution in [2.75, 3.05) is 26.2 Å². The van der Waals surface area contributed by atoms with E-state index in [0.29, 0.717) is 6.54 Å². The fourth-order valence-corrected chi connectivity index (χ4v) is 3.57. The lowest BCUT2D eigenvalue weighted by molar-refractivity contribution is 0.191. The van der Waals surface area contributed by atoms with E-state index in [0.717, 1.165) is 54.5 Å². The molecule has 4 rings (SSSR count). The third-order valence-corrected chi connectivity index (χ3v) is 4.70. The average molecular weight is 312 g/mol. The molecule has 0 saturated carbocycles. The second-order valence-electron chi connectivity index (χ2n) is 6.06. The molecule has 3 N–H and O–H groups in total. The van der Waals surface area contributed by atoms with E-state index in [1.165, 1.54) is 6.20 Å². The largest absolute Gasteiger partial charge is 0.346 e. The van der Waals surface area contributed by atoms with Crippen LogP contribution in [0.15, 0.2) is 29.5 Å². The van der Waals surface area contributed by atoms with E-state index < -0.39 is 0 Å². The van der Waals surface area contributed by atoms with Gasteiger partial charge in [-0.3, -0.25) is 4.79 Å². The van der Waals surface area contributed by atoms with Crippen LogP contribution < -0.4 is 11.3 Å². The monoisotopic (exact) mass is 312 g/mol. The summed E-state index contributed by atoms with van der Waals surface area (Å²) in [7, 11) is 0. The van der Waals surface area contributed by atoms with E-state index in [-0.39, 0.29) is 11.6 Å². The van der Waals surface area contributed by atoms with Crippen LogP contribution in [0.25, 0.3) is 22.1 Å². The zero-order valence-electron chi connectivity index (χ0n) is 12.9. The Balaban J connectivity index is 1.81. The van der Waals surface area contributed by atoms with Gasteiger partial charge in [-0.2, -0.15) is 0 Å². The number of hydrogen-bond acceptors (Lipinski definition) is 5. The lowest BCUT2D eigenvalue weighted by Gasteiger charge is -2.33. The maximum absolute atomic E-state index is 12.5. The van der Waals surface area contributed by atoms with E-state index in [2.05, 4.69) is 19.9 Å². The van der Waals surface area contributed by atoms with Crippen molar-refractivity contribution in [3.63, 3.8) is 0 Å². The van der Waals surface area contributed by atoms with Gasteiger partial charge >= 0.3 is 0 Å². The highest BCUT2D eigenvalue weighted by Gasteiger charge is 2.23. The predicted octanol–water partition coefficient (Wildman–Crippen LogP) is 0.868. The summed E-state index contributed by atoms with van der Waals surface area (Å²) in [5, 5.41) is 0.956. The van der Waals surface area contributed by atoms with Crippen LogP contribution in [-0.2, 0) is 0 Å². The number of H-pyrrole nitrogens is 1. The normalized spacial score (nSPS) is 17.3. The predicted molar refractivity (Wildman–Crippen MR) is 89.4 cm³/mol. The van der Waals surface area contributed by atoms with Gasteiger partial charge in [-0.1, -0.05) is 0 Å². The zero-order valence-corrected chi connectivity index (χ0v) is 12.9. The molecular formula is C16H20N6O. The van der Waals surface area contributed by atoms with Crippen molar-refractivity contribution < 1.29 is 0 Å². The van der Waals surface area contributed by atoms with Gasteiger partial charge in [-0.15, -0.1) is 0 Å². The van der Waals surface area contributed by atoms with Gasteiger partial charge in [0.1, 0.15) is 11.2 Å². The molecule has 0 aromatic carbocycles. The van der Waals surface area contributed by atoms with Gasteiger partial charge < -0.3 is 20.2 Å². The lowest BCUT2D eigenvalue weighted by atomic mass is 10.0. The Kier molecular flexibility index (Phi) is 3.59. The molecule has 7 nitrogen and oxygen atoms in total. The number of aromatic amines is 1. The van der Waals surface area contributed by atoms with Crippen molar-refractivity contribution in [3.8, 4) is 0 Å². The van der Waals surface area contributed by atoms with Crippen LogP contribution in [0.1, 0.15) is 18.9 Å². The van der Waals surface area contributed by atoms with Gasteiger partial charge in [-0.05, 0) is 18.9 Å². The summed E-state index contributed by atoms with van der Waals surface area (Å²) in [6.45, 7) is 3.54. The van der Waals surface area contributed by atoms with Gasteiger partial charge in [0.25, 0.3) is 5.56 Å². The highest BCUT2D eigenvalue weighted by Crippen LogP contribution is 2.27. The Hall–Kier alpha value is -2.25. The lowest BCUT2D eigenvalue weighted by Crippen LogP contribution is -2.39. The molecule has 0 radical (unpaired) electrons. The van der Waals surface area contributed by atoms with Crippen molar-refractivity contribution in [2.45, 2.75) is 18.9 Å². The fraction of sp³-hybridized carbons (Fsp3) is 0.438.